The Morgan fingerprint density at radius 2 is 1.69 bits per heavy atom. The molecule has 3 aromatic carbocycles. The second-order valence-electron chi connectivity index (χ2n) is 11.9. The molecule has 11 nitrogen and oxygen atoms in total. The first-order chi connectivity index (χ1) is 23.1. The Morgan fingerprint density at radius 1 is 0.958 bits per heavy atom. The van der Waals surface area contributed by atoms with E-state index in [1.54, 1.807) is 19.4 Å². The maximum atomic E-state index is 15.7. The summed E-state index contributed by atoms with van der Waals surface area (Å²) in [4.78, 5) is 24.2. The van der Waals surface area contributed by atoms with Crippen molar-refractivity contribution in [1.29, 1.82) is 0 Å². The number of aryl methyl sites for hydroxylation is 1. The molecule has 0 N–H and O–H groups in total. The molecular weight excluding hydrogens is 679 g/mol. The lowest BCUT2D eigenvalue weighted by molar-refractivity contribution is -0.127. The van der Waals surface area contributed by atoms with E-state index in [0.717, 1.165) is 15.6 Å². The van der Waals surface area contributed by atoms with Crippen molar-refractivity contribution in [2.24, 2.45) is 0 Å². The van der Waals surface area contributed by atoms with Crippen LogP contribution < -0.4 is 18.7 Å². The van der Waals surface area contributed by atoms with Crippen molar-refractivity contribution in [3.8, 4) is 11.5 Å². The standard InChI is InChI=1S/C34H34Cl2N4O7S/c1-21-17-22(38-12-15-46-16-13-38)18-26(31(21)45-3)34(39-11-4-5-29(39)32-37-10-14-47-32)25-19-27(35)28(36)20-30(25)40(33(34)41)48(42,43)24-8-6-23(44-2)7-9-24/h6-10,14,17-20,29H,4-5,11-13,15-16H2,1-3H3/t29-,34?/m0/s1. The second kappa shape index (κ2) is 12.6. The summed E-state index contributed by atoms with van der Waals surface area (Å²) in [6.45, 7) is 4.71. The van der Waals surface area contributed by atoms with Crippen LogP contribution in [-0.4, -0.2) is 71.3 Å². The molecule has 1 aromatic heterocycles. The average molecular weight is 714 g/mol. The highest BCUT2D eigenvalue weighted by molar-refractivity contribution is 7.93. The Balaban J connectivity index is 1.55. The van der Waals surface area contributed by atoms with Crippen LogP contribution in [0, 0.1) is 6.92 Å². The molecule has 2 fully saturated rings. The van der Waals surface area contributed by atoms with E-state index >= 15 is 4.79 Å². The third kappa shape index (κ3) is 5.04. The maximum Gasteiger partial charge on any atom is 0.271 e. The molecule has 0 spiro atoms. The van der Waals surface area contributed by atoms with Gasteiger partial charge in [-0.2, -0.15) is 0 Å². The van der Waals surface area contributed by atoms with Crippen LogP contribution in [-0.2, 0) is 25.1 Å². The molecule has 0 saturated carbocycles. The van der Waals surface area contributed by atoms with Crippen LogP contribution >= 0.6 is 23.2 Å². The summed E-state index contributed by atoms with van der Waals surface area (Å²) >= 11 is 13.3. The van der Waals surface area contributed by atoms with Crippen LogP contribution in [0.15, 0.2) is 70.3 Å². The Bertz CT molecular complexity index is 1970. The lowest BCUT2D eigenvalue weighted by Gasteiger charge is -2.42. The molecule has 1 unspecified atom stereocenters. The van der Waals surface area contributed by atoms with Crippen LogP contribution in [0.5, 0.6) is 11.5 Å². The van der Waals surface area contributed by atoms with Gasteiger partial charge in [0.2, 0.25) is 5.89 Å². The SMILES string of the molecule is COc1ccc(S(=O)(=O)N2C(=O)C(c3cc(N4CCOCC4)cc(C)c3OC)(N3CCC[C@H]3c3ncco3)c3cc(Cl)c(Cl)cc32)cc1. The van der Waals surface area contributed by atoms with Gasteiger partial charge in [-0.1, -0.05) is 23.2 Å². The molecule has 3 aliphatic heterocycles. The normalized spacial score (nSPS) is 21.5. The third-order valence-electron chi connectivity index (χ3n) is 9.39. The van der Waals surface area contributed by atoms with E-state index in [-0.39, 0.29) is 20.6 Å². The summed E-state index contributed by atoms with van der Waals surface area (Å²) in [6.07, 6.45) is 4.35. The molecule has 3 aliphatic rings. The molecule has 2 atom stereocenters. The number of nitrogens with zero attached hydrogens (tertiary/aromatic N) is 4. The topological polar surface area (TPSA) is 115 Å². The van der Waals surface area contributed by atoms with Crippen molar-refractivity contribution in [2.75, 3.05) is 56.3 Å². The molecule has 0 aliphatic carbocycles. The Morgan fingerprint density at radius 3 is 2.35 bits per heavy atom. The minimum atomic E-state index is -4.50. The van der Waals surface area contributed by atoms with Crippen LogP contribution in [0.2, 0.25) is 10.0 Å². The van der Waals surface area contributed by atoms with Gasteiger partial charge in [0.1, 0.15) is 17.8 Å². The highest BCUT2D eigenvalue weighted by atomic mass is 35.5. The molecule has 7 rings (SSSR count). The molecule has 14 heteroatoms. The molecule has 0 radical (unpaired) electrons. The van der Waals surface area contributed by atoms with E-state index in [4.69, 9.17) is 41.8 Å². The van der Waals surface area contributed by atoms with Crippen molar-refractivity contribution in [3.63, 3.8) is 0 Å². The minimum Gasteiger partial charge on any atom is -0.497 e. The minimum absolute atomic E-state index is 0.0969. The van der Waals surface area contributed by atoms with Crippen molar-refractivity contribution in [2.45, 2.75) is 36.2 Å². The fourth-order valence-electron chi connectivity index (χ4n) is 7.27. The van der Waals surface area contributed by atoms with E-state index in [2.05, 4.69) is 9.88 Å². The van der Waals surface area contributed by atoms with Crippen LogP contribution in [0.3, 0.4) is 0 Å². The van der Waals surface area contributed by atoms with Gasteiger partial charge in [-0.05, 0) is 73.9 Å². The number of halogens is 2. The Labute approximate surface area is 288 Å². The van der Waals surface area contributed by atoms with Gasteiger partial charge in [0.15, 0.2) is 5.54 Å². The predicted octanol–water partition coefficient (Wildman–Crippen LogP) is 5.96. The number of oxazole rings is 1. The average Bonchev–Trinajstić information content (AvgIpc) is 3.85. The van der Waals surface area contributed by atoms with Gasteiger partial charge >= 0.3 is 0 Å². The lowest BCUT2D eigenvalue weighted by Crippen LogP contribution is -2.55. The predicted molar refractivity (Wildman–Crippen MR) is 181 cm³/mol. The molecule has 0 bridgehead atoms. The molecular formula is C34H34Cl2N4O7S. The summed E-state index contributed by atoms with van der Waals surface area (Å²) in [5.41, 5.74) is 0.797. The van der Waals surface area contributed by atoms with Gasteiger partial charge in [-0.3, -0.25) is 9.69 Å². The van der Waals surface area contributed by atoms with E-state index < -0.39 is 27.5 Å². The van der Waals surface area contributed by atoms with Crippen LogP contribution in [0.1, 0.15) is 41.5 Å². The molecule has 4 heterocycles. The van der Waals surface area contributed by atoms with Gasteiger partial charge < -0.3 is 23.5 Å². The summed E-state index contributed by atoms with van der Waals surface area (Å²) in [7, 11) is -1.47. The molecule has 2 saturated heterocycles. The summed E-state index contributed by atoms with van der Waals surface area (Å²) in [6, 6.07) is 12.4. The first-order valence-corrected chi connectivity index (χ1v) is 17.7. The number of rotatable bonds is 8. The highest BCUT2D eigenvalue weighted by Gasteiger charge is 2.63. The third-order valence-corrected chi connectivity index (χ3v) is 11.8. The second-order valence-corrected chi connectivity index (χ2v) is 14.5. The van der Waals surface area contributed by atoms with Crippen molar-refractivity contribution < 1.29 is 31.8 Å². The number of hydrogen-bond donors (Lipinski definition) is 0. The number of benzene rings is 3. The summed E-state index contributed by atoms with van der Waals surface area (Å²) in [5.74, 6) is 0.608. The number of hydrogen-bond acceptors (Lipinski definition) is 10. The molecule has 48 heavy (non-hydrogen) atoms. The smallest absolute Gasteiger partial charge is 0.271 e. The largest absolute Gasteiger partial charge is 0.497 e. The van der Waals surface area contributed by atoms with Gasteiger partial charge in [0, 0.05) is 36.4 Å². The van der Waals surface area contributed by atoms with Crippen LogP contribution in [0.25, 0.3) is 0 Å². The lowest BCUT2D eigenvalue weighted by atomic mass is 9.79. The monoisotopic (exact) mass is 712 g/mol. The number of likely N-dealkylation sites (tertiary alicyclic amines) is 1. The maximum absolute atomic E-state index is 15.7. The zero-order valence-corrected chi connectivity index (χ0v) is 28.9. The highest BCUT2D eigenvalue weighted by Crippen LogP contribution is 2.58. The Hall–Kier alpha value is -3.81. The van der Waals surface area contributed by atoms with Gasteiger partial charge in [-0.25, -0.2) is 17.7 Å². The molecule has 4 aromatic rings. The number of sulfonamides is 1. The number of aromatic nitrogens is 1. The number of morpholine rings is 1. The zero-order chi connectivity index (χ0) is 33.8. The number of amides is 1. The number of methoxy groups -OCH3 is 2. The number of anilines is 2. The number of carbonyl (C=O) groups is 1. The van der Waals surface area contributed by atoms with E-state index in [0.29, 0.717) is 74.2 Å². The van der Waals surface area contributed by atoms with E-state index in [9.17, 15) is 8.42 Å². The van der Waals surface area contributed by atoms with Gasteiger partial charge in [0.05, 0.1) is 60.3 Å². The van der Waals surface area contributed by atoms with Crippen molar-refractivity contribution in [3.05, 3.63) is 93.6 Å². The van der Waals surface area contributed by atoms with Crippen LogP contribution in [0.4, 0.5) is 11.4 Å². The first kappa shape index (κ1) is 32.7. The fraction of sp³-hybridized carbons (Fsp3) is 0.353. The van der Waals surface area contributed by atoms with Crippen molar-refractivity contribution >= 4 is 50.5 Å². The zero-order valence-electron chi connectivity index (χ0n) is 26.6. The van der Waals surface area contributed by atoms with E-state index in [1.807, 2.05) is 24.0 Å². The van der Waals surface area contributed by atoms with Gasteiger partial charge in [-0.15, -0.1) is 0 Å². The van der Waals surface area contributed by atoms with Gasteiger partial charge in [0.25, 0.3) is 15.9 Å². The molecule has 252 valence electrons. The number of ether oxygens (including phenoxy) is 3. The summed E-state index contributed by atoms with van der Waals surface area (Å²) in [5, 5.41) is 0.271. The first-order valence-electron chi connectivity index (χ1n) is 15.5. The number of carbonyl (C=O) groups excluding carboxylic acids is 1. The molecule has 1 amide bonds. The number of fused-ring (bicyclic) bond motifs is 1. The van der Waals surface area contributed by atoms with E-state index in [1.165, 1.54) is 43.7 Å². The fourth-order valence-corrected chi connectivity index (χ4v) is 9.05. The quantitative estimate of drug-likeness (QED) is 0.217. The summed E-state index contributed by atoms with van der Waals surface area (Å²) < 4.78 is 53.0. The van der Waals surface area contributed by atoms with Crippen molar-refractivity contribution in [1.82, 2.24) is 9.88 Å². The Kier molecular flexibility index (Phi) is 8.57.